The Morgan fingerprint density at radius 3 is 2.95 bits per heavy atom. The molecule has 1 N–H and O–H groups in total. The van der Waals surface area contributed by atoms with Gasteiger partial charge in [0, 0.05) is 32.1 Å². The van der Waals surface area contributed by atoms with Crippen molar-refractivity contribution in [3.63, 3.8) is 0 Å². The maximum atomic E-state index is 12.7. The smallest absolute Gasteiger partial charge is 0.227 e. The van der Waals surface area contributed by atoms with Gasteiger partial charge in [-0.1, -0.05) is 0 Å². The summed E-state index contributed by atoms with van der Waals surface area (Å²) in [5, 5.41) is 11.5. The molecule has 6 nitrogen and oxygen atoms in total. The van der Waals surface area contributed by atoms with Gasteiger partial charge in [0.25, 0.3) is 0 Å². The summed E-state index contributed by atoms with van der Waals surface area (Å²) in [6.07, 6.45) is 4.84. The molecule has 3 heterocycles. The van der Waals surface area contributed by atoms with E-state index in [1.807, 2.05) is 16.5 Å². The van der Waals surface area contributed by atoms with Gasteiger partial charge in [0.2, 0.25) is 5.91 Å². The maximum Gasteiger partial charge on any atom is 0.227 e. The van der Waals surface area contributed by atoms with Crippen molar-refractivity contribution in [2.45, 2.75) is 38.1 Å². The van der Waals surface area contributed by atoms with Crippen LogP contribution in [0.2, 0.25) is 0 Å². The molecule has 2 aliphatic rings. The molecule has 1 aromatic heterocycles. The lowest BCUT2D eigenvalue weighted by Gasteiger charge is -2.34. The van der Waals surface area contributed by atoms with Crippen molar-refractivity contribution >= 4 is 5.91 Å². The van der Waals surface area contributed by atoms with Crippen molar-refractivity contribution in [1.82, 2.24) is 25.0 Å². The van der Waals surface area contributed by atoms with Gasteiger partial charge >= 0.3 is 0 Å². The Bertz CT molecular complexity index is 486. The van der Waals surface area contributed by atoms with Crippen LogP contribution in [0.3, 0.4) is 0 Å². The van der Waals surface area contributed by atoms with Gasteiger partial charge in [-0.05, 0) is 32.7 Å². The summed E-state index contributed by atoms with van der Waals surface area (Å²) in [7, 11) is 1.97. The van der Waals surface area contributed by atoms with Gasteiger partial charge in [0.15, 0.2) is 0 Å². The average Bonchev–Trinajstić information content (AvgIpc) is 3.07. The van der Waals surface area contributed by atoms with E-state index in [1.165, 1.54) is 0 Å². The molecule has 0 spiro atoms. The largest absolute Gasteiger partial charge is 0.342 e. The van der Waals surface area contributed by atoms with E-state index in [2.05, 4.69) is 22.4 Å². The number of amides is 1. The van der Waals surface area contributed by atoms with E-state index in [-0.39, 0.29) is 5.92 Å². The van der Waals surface area contributed by atoms with Crippen molar-refractivity contribution in [2.75, 3.05) is 19.6 Å². The normalized spacial score (nSPS) is 30.7. The number of rotatable bonds is 2. The minimum atomic E-state index is 0.147. The Balaban J connectivity index is 1.69. The van der Waals surface area contributed by atoms with E-state index in [4.69, 9.17) is 0 Å². The number of hydrogen-bond donors (Lipinski definition) is 1. The summed E-state index contributed by atoms with van der Waals surface area (Å²) in [5.74, 6) is 1.78. The predicted molar refractivity (Wildman–Crippen MR) is 75.1 cm³/mol. The van der Waals surface area contributed by atoms with Crippen LogP contribution >= 0.6 is 0 Å². The lowest BCUT2D eigenvalue weighted by Crippen LogP contribution is -2.45. The fraction of sp³-hybridized carbons (Fsp3) is 0.786. The molecule has 3 atom stereocenters. The lowest BCUT2D eigenvalue weighted by molar-refractivity contribution is -0.137. The van der Waals surface area contributed by atoms with Gasteiger partial charge < -0.3 is 14.8 Å². The number of nitrogens with one attached hydrogen (secondary N) is 1. The van der Waals surface area contributed by atoms with Crippen LogP contribution in [0.5, 0.6) is 0 Å². The fourth-order valence-electron chi connectivity index (χ4n) is 3.48. The molecule has 0 aromatic carbocycles. The van der Waals surface area contributed by atoms with Crippen LogP contribution in [0.4, 0.5) is 0 Å². The first-order valence-corrected chi connectivity index (χ1v) is 7.53. The molecule has 0 bridgehead atoms. The molecule has 6 heteroatoms. The maximum absolute atomic E-state index is 12.7. The molecule has 0 radical (unpaired) electrons. The van der Waals surface area contributed by atoms with Crippen LogP contribution in [-0.4, -0.2) is 51.2 Å². The number of aryl methyl sites for hydroxylation is 1. The SMILES string of the molecule is CC1NCCC1C(=O)N1CCCC(c2nncn2C)C1. The Labute approximate surface area is 119 Å². The Hall–Kier alpha value is -1.43. The monoisotopic (exact) mass is 277 g/mol. The molecular formula is C14H23N5O. The van der Waals surface area contributed by atoms with Crippen LogP contribution in [0.25, 0.3) is 0 Å². The highest BCUT2D eigenvalue weighted by Gasteiger charge is 2.35. The molecular weight excluding hydrogens is 254 g/mol. The van der Waals surface area contributed by atoms with E-state index in [9.17, 15) is 4.79 Å². The van der Waals surface area contributed by atoms with Crippen LogP contribution in [-0.2, 0) is 11.8 Å². The number of likely N-dealkylation sites (tertiary alicyclic amines) is 1. The van der Waals surface area contributed by atoms with Gasteiger partial charge in [0.05, 0.1) is 5.92 Å². The predicted octanol–water partition coefficient (Wildman–Crippen LogP) is 0.519. The van der Waals surface area contributed by atoms with E-state index in [0.29, 0.717) is 17.9 Å². The average molecular weight is 277 g/mol. The van der Waals surface area contributed by atoms with E-state index >= 15 is 0 Å². The Morgan fingerprint density at radius 2 is 2.30 bits per heavy atom. The van der Waals surface area contributed by atoms with Crippen molar-refractivity contribution in [3.8, 4) is 0 Å². The first-order valence-electron chi connectivity index (χ1n) is 7.53. The third-order valence-electron chi connectivity index (χ3n) is 4.69. The highest BCUT2D eigenvalue weighted by atomic mass is 16.2. The number of piperidine rings is 1. The Kier molecular flexibility index (Phi) is 3.74. The first kappa shape index (κ1) is 13.5. The van der Waals surface area contributed by atoms with Gasteiger partial charge in [-0.2, -0.15) is 0 Å². The number of nitrogens with zero attached hydrogens (tertiary/aromatic N) is 4. The molecule has 2 fully saturated rings. The summed E-state index contributed by atoms with van der Waals surface area (Å²) >= 11 is 0. The zero-order valence-corrected chi connectivity index (χ0v) is 12.2. The highest BCUT2D eigenvalue weighted by molar-refractivity contribution is 5.80. The first-order chi connectivity index (χ1) is 9.66. The molecule has 0 aliphatic carbocycles. The molecule has 110 valence electrons. The molecule has 2 aliphatic heterocycles. The van der Waals surface area contributed by atoms with Crippen LogP contribution in [0, 0.1) is 5.92 Å². The minimum Gasteiger partial charge on any atom is -0.342 e. The van der Waals surface area contributed by atoms with Crippen molar-refractivity contribution in [2.24, 2.45) is 13.0 Å². The number of aromatic nitrogens is 3. The van der Waals surface area contributed by atoms with Gasteiger partial charge in [0.1, 0.15) is 12.2 Å². The third kappa shape index (κ3) is 2.44. The van der Waals surface area contributed by atoms with Crippen LogP contribution in [0.15, 0.2) is 6.33 Å². The van der Waals surface area contributed by atoms with E-state index in [0.717, 1.165) is 44.7 Å². The quantitative estimate of drug-likeness (QED) is 0.856. The summed E-state index contributed by atoms with van der Waals surface area (Å²) in [5.41, 5.74) is 0. The number of hydrogen-bond acceptors (Lipinski definition) is 4. The fourth-order valence-corrected chi connectivity index (χ4v) is 3.48. The summed E-state index contributed by atoms with van der Waals surface area (Å²) in [4.78, 5) is 14.7. The second kappa shape index (κ2) is 5.52. The second-order valence-corrected chi connectivity index (χ2v) is 6.06. The molecule has 3 unspecified atom stereocenters. The van der Waals surface area contributed by atoms with Crippen molar-refractivity contribution in [1.29, 1.82) is 0 Å². The van der Waals surface area contributed by atoms with Gasteiger partial charge in [-0.3, -0.25) is 4.79 Å². The molecule has 0 saturated carbocycles. The second-order valence-electron chi connectivity index (χ2n) is 6.06. The molecule has 2 saturated heterocycles. The molecule has 3 rings (SSSR count). The third-order valence-corrected chi connectivity index (χ3v) is 4.69. The molecule has 1 aromatic rings. The summed E-state index contributed by atoms with van der Waals surface area (Å²) in [6.45, 7) is 4.74. The zero-order valence-electron chi connectivity index (χ0n) is 12.2. The lowest BCUT2D eigenvalue weighted by atomic mass is 9.94. The zero-order chi connectivity index (χ0) is 14.1. The topological polar surface area (TPSA) is 63.1 Å². The van der Waals surface area contributed by atoms with E-state index in [1.54, 1.807) is 6.33 Å². The standard InChI is InChI=1S/C14H23N5O/c1-10-12(5-6-15-10)14(20)19-7-3-4-11(8-19)13-17-16-9-18(13)2/h9-12,15H,3-8H2,1-2H3. The van der Waals surface area contributed by atoms with Crippen molar-refractivity contribution < 1.29 is 4.79 Å². The Morgan fingerprint density at radius 1 is 1.45 bits per heavy atom. The summed E-state index contributed by atoms with van der Waals surface area (Å²) < 4.78 is 1.97. The molecule has 1 amide bonds. The summed E-state index contributed by atoms with van der Waals surface area (Å²) in [6, 6.07) is 0.303. The van der Waals surface area contributed by atoms with Crippen molar-refractivity contribution in [3.05, 3.63) is 12.2 Å². The van der Waals surface area contributed by atoms with Gasteiger partial charge in [-0.25, -0.2) is 0 Å². The number of carbonyl (C=O) groups is 1. The van der Waals surface area contributed by atoms with Crippen LogP contribution < -0.4 is 5.32 Å². The minimum absolute atomic E-state index is 0.147. The highest BCUT2D eigenvalue weighted by Crippen LogP contribution is 2.27. The van der Waals surface area contributed by atoms with E-state index < -0.39 is 0 Å². The van der Waals surface area contributed by atoms with Crippen LogP contribution in [0.1, 0.15) is 37.9 Å². The van der Waals surface area contributed by atoms with Gasteiger partial charge in [-0.15, -0.1) is 10.2 Å². The molecule has 20 heavy (non-hydrogen) atoms. The number of carbonyl (C=O) groups excluding carboxylic acids is 1.